The first-order chi connectivity index (χ1) is 10.2. The van der Waals surface area contributed by atoms with E-state index in [0.29, 0.717) is 23.7 Å². The molecule has 2 rings (SSSR count). The van der Waals surface area contributed by atoms with Crippen LogP contribution in [0.15, 0.2) is 12.1 Å². The average molecular weight is 308 g/mol. The molecule has 0 aromatic heterocycles. The Balaban J connectivity index is 2.37. The van der Waals surface area contributed by atoms with Gasteiger partial charge in [-0.15, -0.1) is 0 Å². The Labute approximate surface area is 129 Å². The van der Waals surface area contributed by atoms with Crippen LogP contribution in [0.25, 0.3) is 0 Å². The third-order valence-corrected chi connectivity index (χ3v) is 3.42. The average Bonchev–Trinajstić information content (AvgIpc) is 2.98. The number of rotatable bonds is 5. The summed E-state index contributed by atoms with van der Waals surface area (Å²) >= 11 is 0. The molecule has 1 aliphatic heterocycles. The smallest absolute Gasteiger partial charge is 0.308 e. The van der Waals surface area contributed by atoms with Crippen molar-refractivity contribution in [3.8, 4) is 17.2 Å². The number of hydrogen-bond donors (Lipinski definition) is 0. The first-order valence-corrected chi connectivity index (χ1v) is 6.98. The number of carbonyl (C=O) groups excluding carboxylic acids is 2. The molecule has 0 spiro atoms. The molecule has 1 heterocycles. The van der Waals surface area contributed by atoms with Gasteiger partial charge in [-0.1, -0.05) is 0 Å². The van der Waals surface area contributed by atoms with Gasteiger partial charge in [0.25, 0.3) is 0 Å². The van der Waals surface area contributed by atoms with Crippen LogP contribution in [0.1, 0.15) is 33.3 Å². The highest BCUT2D eigenvalue weighted by molar-refractivity contribution is 5.73. The van der Waals surface area contributed by atoms with Crippen LogP contribution in [0.3, 0.4) is 0 Å². The summed E-state index contributed by atoms with van der Waals surface area (Å²) in [6.45, 7) is 6.61. The second-order valence-electron chi connectivity index (χ2n) is 5.71. The molecule has 1 aromatic carbocycles. The van der Waals surface area contributed by atoms with Crippen LogP contribution in [0, 0.1) is 0 Å². The second-order valence-corrected chi connectivity index (χ2v) is 5.71. The summed E-state index contributed by atoms with van der Waals surface area (Å²) in [5.41, 5.74) is 0.525. The van der Waals surface area contributed by atoms with Gasteiger partial charge in [-0.05, 0) is 19.9 Å². The van der Waals surface area contributed by atoms with Gasteiger partial charge in [-0.2, -0.15) is 0 Å². The first-order valence-electron chi connectivity index (χ1n) is 6.98. The van der Waals surface area contributed by atoms with E-state index < -0.39 is 11.9 Å². The van der Waals surface area contributed by atoms with Gasteiger partial charge in [0, 0.05) is 31.9 Å². The van der Waals surface area contributed by atoms with Crippen molar-refractivity contribution in [2.75, 3.05) is 7.11 Å². The first kappa shape index (κ1) is 16.3. The van der Waals surface area contributed by atoms with E-state index in [1.807, 2.05) is 13.8 Å². The minimum Gasteiger partial charge on any atom is -0.493 e. The molecule has 0 N–H and O–H groups in total. The summed E-state index contributed by atoms with van der Waals surface area (Å²) in [6, 6.07) is 3.20. The Hall–Kier alpha value is -2.08. The zero-order valence-electron chi connectivity index (χ0n) is 13.4. The predicted molar refractivity (Wildman–Crippen MR) is 78.3 cm³/mol. The lowest BCUT2D eigenvalue weighted by Gasteiger charge is -2.14. The molecular formula is C16H20O6. The Kier molecular flexibility index (Phi) is 4.42. The largest absolute Gasteiger partial charge is 0.493 e. The molecular weight excluding hydrogens is 288 g/mol. The fraction of sp³-hybridized carbons (Fsp3) is 0.500. The zero-order valence-corrected chi connectivity index (χ0v) is 13.4. The second kappa shape index (κ2) is 5.96. The van der Waals surface area contributed by atoms with Crippen molar-refractivity contribution in [3.63, 3.8) is 0 Å². The van der Waals surface area contributed by atoms with Gasteiger partial charge >= 0.3 is 11.9 Å². The van der Waals surface area contributed by atoms with Crippen molar-refractivity contribution in [1.29, 1.82) is 0 Å². The highest BCUT2D eigenvalue weighted by Gasteiger charge is 2.47. The fourth-order valence-corrected chi connectivity index (χ4v) is 2.21. The Morgan fingerprint density at radius 2 is 1.64 bits per heavy atom. The molecule has 1 atom stereocenters. The molecule has 0 saturated carbocycles. The number of benzene rings is 1. The van der Waals surface area contributed by atoms with Crippen molar-refractivity contribution in [2.45, 2.75) is 45.8 Å². The molecule has 1 unspecified atom stereocenters. The molecule has 1 fully saturated rings. The molecule has 0 radical (unpaired) electrons. The number of carbonyl (C=O) groups is 2. The highest BCUT2D eigenvalue weighted by atomic mass is 16.6. The maximum absolute atomic E-state index is 11.3. The molecule has 0 amide bonds. The summed E-state index contributed by atoms with van der Waals surface area (Å²) in [7, 11) is 1.45. The summed E-state index contributed by atoms with van der Waals surface area (Å²) in [5.74, 6) is 0.115. The number of epoxide rings is 1. The van der Waals surface area contributed by atoms with E-state index >= 15 is 0 Å². The normalized spacial score (nSPS) is 18.5. The summed E-state index contributed by atoms with van der Waals surface area (Å²) in [5, 5.41) is 0. The number of methoxy groups -OCH3 is 1. The zero-order chi connectivity index (χ0) is 16.5. The van der Waals surface area contributed by atoms with Gasteiger partial charge in [0.1, 0.15) is 5.75 Å². The van der Waals surface area contributed by atoms with E-state index in [2.05, 4.69) is 0 Å². The van der Waals surface area contributed by atoms with Gasteiger partial charge in [0.05, 0.1) is 18.8 Å². The number of hydrogen-bond acceptors (Lipinski definition) is 6. The van der Waals surface area contributed by atoms with Gasteiger partial charge in [0.2, 0.25) is 0 Å². The number of esters is 2. The van der Waals surface area contributed by atoms with Crippen LogP contribution in [0.5, 0.6) is 17.2 Å². The van der Waals surface area contributed by atoms with Crippen molar-refractivity contribution in [2.24, 2.45) is 0 Å². The van der Waals surface area contributed by atoms with Crippen LogP contribution < -0.4 is 14.2 Å². The van der Waals surface area contributed by atoms with Crippen LogP contribution in [-0.2, 0) is 20.7 Å². The Morgan fingerprint density at radius 3 is 2.09 bits per heavy atom. The van der Waals surface area contributed by atoms with Gasteiger partial charge < -0.3 is 18.9 Å². The van der Waals surface area contributed by atoms with Gasteiger partial charge in [-0.3, -0.25) is 9.59 Å². The van der Waals surface area contributed by atoms with Crippen LogP contribution >= 0.6 is 0 Å². The summed E-state index contributed by atoms with van der Waals surface area (Å²) in [6.07, 6.45) is 0.578. The molecule has 1 aromatic rings. The molecule has 1 aliphatic rings. The fourth-order valence-electron chi connectivity index (χ4n) is 2.21. The van der Waals surface area contributed by atoms with Crippen LogP contribution in [0.4, 0.5) is 0 Å². The predicted octanol–water partition coefficient (Wildman–Crippen LogP) is 2.27. The maximum Gasteiger partial charge on any atom is 0.308 e. The summed E-state index contributed by atoms with van der Waals surface area (Å²) < 4.78 is 21.1. The molecule has 1 saturated heterocycles. The molecule has 120 valence electrons. The van der Waals surface area contributed by atoms with Crippen molar-refractivity contribution >= 4 is 11.9 Å². The van der Waals surface area contributed by atoms with Crippen molar-refractivity contribution in [3.05, 3.63) is 17.7 Å². The Morgan fingerprint density at radius 1 is 1.09 bits per heavy atom. The topological polar surface area (TPSA) is 74.4 Å². The van der Waals surface area contributed by atoms with E-state index in [1.54, 1.807) is 12.1 Å². The minimum absolute atomic E-state index is 0.0281. The molecule has 0 bridgehead atoms. The maximum atomic E-state index is 11.3. The molecule has 6 nitrogen and oxygen atoms in total. The summed E-state index contributed by atoms with van der Waals surface area (Å²) in [4.78, 5) is 22.5. The third kappa shape index (κ3) is 3.76. The molecule has 22 heavy (non-hydrogen) atoms. The quantitative estimate of drug-likeness (QED) is 0.472. The monoisotopic (exact) mass is 308 g/mol. The van der Waals surface area contributed by atoms with Gasteiger partial charge in [-0.25, -0.2) is 0 Å². The molecule has 6 heteroatoms. The number of ether oxygens (including phenoxy) is 4. The SMILES string of the molecule is COc1cc(OC(C)=O)c(CC2OC2(C)C)cc1OC(C)=O. The third-order valence-electron chi connectivity index (χ3n) is 3.42. The van der Waals surface area contributed by atoms with E-state index in [4.69, 9.17) is 18.9 Å². The highest BCUT2D eigenvalue weighted by Crippen LogP contribution is 2.42. The van der Waals surface area contributed by atoms with Crippen molar-refractivity contribution in [1.82, 2.24) is 0 Å². The lowest BCUT2D eigenvalue weighted by Crippen LogP contribution is -2.11. The van der Waals surface area contributed by atoms with Gasteiger partial charge in [0.15, 0.2) is 11.5 Å². The van der Waals surface area contributed by atoms with E-state index in [0.717, 1.165) is 5.56 Å². The lowest BCUT2D eigenvalue weighted by atomic mass is 10.0. The van der Waals surface area contributed by atoms with Crippen LogP contribution in [-0.4, -0.2) is 30.8 Å². The van der Waals surface area contributed by atoms with E-state index in [9.17, 15) is 9.59 Å². The standard InChI is InChI=1S/C16H20O6/c1-9(17)20-12-8-13(19-5)14(21-10(2)18)6-11(12)7-15-16(3,4)22-15/h6,8,15H,7H2,1-5H3. The van der Waals surface area contributed by atoms with Crippen molar-refractivity contribution < 1.29 is 28.5 Å². The van der Waals surface area contributed by atoms with E-state index in [-0.39, 0.29) is 11.7 Å². The van der Waals surface area contributed by atoms with E-state index in [1.165, 1.54) is 21.0 Å². The molecule has 0 aliphatic carbocycles. The Bertz CT molecular complexity index is 605. The lowest BCUT2D eigenvalue weighted by molar-refractivity contribution is -0.133. The van der Waals surface area contributed by atoms with Crippen LogP contribution in [0.2, 0.25) is 0 Å². The minimum atomic E-state index is -0.451.